The number of fused-ring (bicyclic) bond motifs is 16. The zero-order valence-corrected chi connectivity index (χ0v) is 24.9. The Bertz CT molecular complexity index is 2990. The Balaban J connectivity index is 1.15. The van der Waals surface area contributed by atoms with Crippen molar-refractivity contribution in [2.24, 2.45) is 0 Å². The highest BCUT2D eigenvalue weighted by molar-refractivity contribution is 6.98. The van der Waals surface area contributed by atoms with Gasteiger partial charge in [0.1, 0.15) is 23.0 Å². The third-order valence-corrected chi connectivity index (χ3v) is 11.1. The van der Waals surface area contributed by atoms with Gasteiger partial charge >= 0.3 is 0 Å². The SMILES string of the molecule is c1cc2c3c(c1)Oc1cc4c(cc1B3c1cc3c5cccc6c7ccccc7n(c3cc1O2)c65)c1cccc2c3ccccc3n4c21. The second-order valence-electron chi connectivity index (χ2n) is 13.2. The summed E-state index contributed by atoms with van der Waals surface area (Å²) in [6.45, 7) is -0.0175. The van der Waals surface area contributed by atoms with Gasteiger partial charge in [0.15, 0.2) is 0 Å². The quantitative estimate of drug-likeness (QED) is 0.164. The molecule has 0 saturated heterocycles. The summed E-state index contributed by atoms with van der Waals surface area (Å²) < 4.78 is 18.4. The molecule has 6 heterocycles. The van der Waals surface area contributed by atoms with Crippen molar-refractivity contribution < 1.29 is 9.47 Å². The van der Waals surface area contributed by atoms with Gasteiger partial charge in [0.05, 0.1) is 33.1 Å². The van der Waals surface area contributed by atoms with E-state index in [9.17, 15) is 0 Å². The van der Waals surface area contributed by atoms with Crippen LogP contribution >= 0.6 is 0 Å². The number of aromatic nitrogens is 2. The van der Waals surface area contributed by atoms with Crippen LogP contribution in [0.1, 0.15) is 0 Å². The Morgan fingerprint density at radius 2 is 0.787 bits per heavy atom. The summed E-state index contributed by atoms with van der Waals surface area (Å²) in [6.07, 6.45) is 0. The van der Waals surface area contributed by atoms with Gasteiger partial charge in [-0.05, 0) is 35.2 Å². The van der Waals surface area contributed by atoms with Gasteiger partial charge in [0, 0.05) is 60.7 Å². The van der Waals surface area contributed by atoms with Gasteiger partial charge in [-0.25, -0.2) is 0 Å². The fourth-order valence-corrected chi connectivity index (χ4v) is 9.28. The first-order chi connectivity index (χ1) is 23.3. The lowest BCUT2D eigenvalue weighted by Crippen LogP contribution is -2.57. The molecule has 4 aromatic heterocycles. The molecule has 0 spiro atoms. The predicted molar refractivity (Wildman–Crippen MR) is 193 cm³/mol. The number of benzene rings is 7. The number of rotatable bonds is 0. The first kappa shape index (κ1) is 23.2. The second kappa shape index (κ2) is 7.60. The monoisotopic (exact) mass is 596 g/mol. The molecule has 4 nitrogen and oxygen atoms in total. The summed E-state index contributed by atoms with van der Waals surface area (Å²) >= 11 is 0. The molecule has 214 valence electrons. The molecule has 5 heteroatoms. The average Bonchev–Trinajstić information content (AvgIpc) is 3.83. The average molecular weight is 596 g/mol. The lowest BCUT2D eigenvalue weighted by Gasteiger charge is -2.33. The van der Waals surface area contributed by atoms with Crippen LogP contribution in [0, 0.1) is 0 Å². The van der Waals surface area contributed by atoms with Crippen molar-refractivity contribution in [2.45, 2.75) is 0 Å². The normalized spacial score (nSPS) is 13.8. The number of nitrogens with zero attached hydrogens (tertiary/aromatic N) is 2. The molecule has 0 saturated carbocycles. The van der Waals surface area contributed by atoms with Gasteiger partial charge in [-0.1, -0.05) is 91.0 Å². The summed E-state index contributed by atoms with van der Waals surface area (Å²) in [6, 6.07) is 46.4. The predicted octanol–water partition coefficient (Wildman–Crippen LogP) is 8.71. The molecular weight excluding hydrogens is 575 g/mol. The van der Waals surface area contributed by atoms with Crippen LogP contribution in [0.2, 0.25) is 0 Å². The van der Waals surface area contributed by atoms with E-state index in [1.807, 2.05) is 6.07 Å². The Morgan fingerprint density at radius 1 is 0.362 bits per heavy atom. The van der Waals surface area contributed by atoms with Gasteiger partial charge in [-0.3, -0.25) is 0 Å². The maximum atomic E-state index is 6.78. The van der Waals surface area contributed by atoms with Crippen molar-refractivity contribution in [1.82, 2.24) is 8.80 Å². The summed E-state index contributed by atoms with van der Waals surface area (Å²) in [5.41, 5.74) is 10.8. The number of hydrogen-bond donors (Lipinski definition) is 0. The maximum absolute atomic E-state index is 6.78. The van der Waals surface area contributed by atoms with Crippen molar-refractivity contribution in [1.29, 1.82) is 0 Å². The lowest BCUT2D eigenvalue weighted by atomic mass is 9.34. The van der Waals surface area contributed by atoms with Crippen LogP contribution in [0.25, 0.3) is 76.2 Å². The Morgan fingerprint density at radius 3 is 1.30 bits per heavy atom. The standard InChI is InChI=1S/C42H21BN2O2/c1-3-14-32-22(8-1)24-10-5-12-26-28-18-30-38(20-34(28)44(32)41(24)26)46-36-16-7-17-37-40(36)43(30)31-19-29-27-13-6-11-25-23-9-2-4-15-33(23)45(42(25)27)35(29)21-39(31)47-37/h1-21H. The fourth-order valence-electron chi connectivity index (χ4n) is 9.28. The van der Waals surface area contributed by atoms with E-state index < -0.39 is 0 Å². The minimum Gasteiger partial charge on any atom is -0.458 e. The molecule has 0 aliphatic carbocycles. The molecule has 2 aliphatic heterocycles. The molecule has 0 atom stereocenters. The van der Waals surface area contributed by atoms with E-state index in [2.05, 4.69) is 130 Å². The molecule has 7 aromatic carbocycles. The van der Waals surface area contributed by atoms with Crippen molar-refractivity contribution in [3.63, 3.8) is 0 Å². The molecule has 13 rings (SSSR count). The maximum Gasteiger partial charge on any atom is 0.260 e. The van der Waals surface area contributed by atoms with Crippen LogP contribution in [0.4, 0.5) is 0 Å². The zero-order chi connectivity index (χ0) is 30.1. The summed E-state index contributed by atoms with van der Waals surface area (Å²) in [7, 11) is 0. The summed E-state index contributed by atoms with van der Waals surface area (Å²) in [5.74, 6) is 3.54. The van der Waals surface area contributed by atoms with Crippen LogP contribution in [0.5, 0.6) is 23.0 Å². The highest BCUT2D eigenvalue weighted by Gasteiger charge is 2.41. The van der Waals surface area contributed by atoms with E-state index in [-0.39, 0.29) is 6.71 Å². The van der Waals surface area contributed by atoms with Crippen LogP contribution in [-0.2, 0) is 0 Å². The lowest BCUT2D eigenvalue weighted by molar-refractivity contribution is 0.465. The molecule has 0 fully saturated rings. The van der Waals surface area contributed by atoms with Crippen LogP contribution in [-0.4, -0.2) is 15.5 Å². The molecule has 0 unspecified atom stereocenters. The summed E-state index contributed by atoms with van der Waals surface area (Å²) in [4.78, 5) is 0. The van der Waals surface area contributed by atoms with E-state index in [4.69, 9.17) is 9.47 Å². The van der Waals surface area contributed by atoms with E-state index in [1.54, 1.807) is 0 Å². The van der Waals surface area contributed by atoms with Crippen molar-refractivity contribution >= 4 is 99.3 Å². The number of para-hydroxylation sites is 4. The molecule has 0 amide bonds. The van der Waals surface area contributed by atoms with Crippen molar-refractivity contribution in [3.05, 3.63) is 127 Å². The first-order valence-electron chi connectivity index (χ1n) is 16.2. The van der Waals surface area contributed by atoms with Crippen LogP contribution in [0.3, 0.4) is 0 Å². The molecule has 0 bridgehead atoms. The highest BCUT2D eigenvalue weighted by Crippen LogP contribution is 2.44. The Labute approximate surface area is 267 Å². The highest BCUT2D eigenvalue weighted by atomic mass is 16.5. The minimum absolute atomic E-state index is 0.0175. The van der Waals surface area contributed by atoms with E-state index in [0.29, 0.717) is 0 Å². The van der Waals surface area contributed by atoms with Gasteiger partial charge in [0.25, 0.3) is 6.71 Å². The van der Waals surface area contributed by atoms with Crippen LogP contribution < -0.4 is 25.9 Å². The smallest absolute Gasteiger partial charge is 0.260 e. The van der Waals surface area contributed by atoms with Gasteiger partial charge in [0.2, 0.25) is 0 Å². The molecular formula is C42H21BN2O2. The molecule has 0 radical (unpaired) electrons. The largest absolute Gasteiger partial charge is 0.458 e. The molecule has 47 heavy (non-hydrogen) atoms. The van der Waals surface area contributed by atoms with Gasteiger partial charge in [-0.2, -0.15) is 0 Å². The van der Waals surface area contributed by atoms with E-state index in [0.717, 1.165) is 28.5 Å². The number of ether oxygens (including phenoxy) is 2. The van der Waals surface area contributed by atoms with Gasteiger partial charge in [-0.15, -0.1) is 0 Å². The topological polar surface area (TPSA) is 27.3 Å². The van der Waals surface area contributed by atoms with Crippen molar-refractivity contribution in [2.75, 3.05) is 0 Å². The second-order valence-corrected chi connectivity index (χ2v) is 13.2. The minimum atomic E-state index is -0.0175. The number of hydrogen-bond acceptors (Lipinski definition) is 2. The first-order valence-corrected chi connectivity index (χ1v) is 16.2. The third-order valence-electron chi connectivity index (χ3n) is 11.1. The fraction of sp³-hybridized carbons (Fsp3) is 0. The zero-order valence-electron chi connectivity index (χ0n) is 24.9. The van der Waals surface area contributed by atoms with E-state index in [1.165, 1.54) is 87.1 Å². The summed E-state index contributed by atoms with van der Waals surface area (Å²) in [5, 5.41) is 10.2. The van der Waals surface area contributed by atoms with Crippen molar-refractivity contribution in [3.8, 4) is 23.0 Å². The van der Waals surface area contributed by atoms with Gasteiger partial charge < -0.3 is 18.3 Å². The molecule has 0 N–H and O–H groups in total. The molecule has 2 aliphatic rings. The van der Waals surface area contributed by atoms with E-state index >= 15 is 0 Å². The third kappa shape index (κ3) is 2.54. The Hall–Kier alpha value is -6.20. The Kier molecular flexibility index (Phi) is 3.75. The van der Waals surface area contributed by atoms with Crippen LogP contribution in [0.15, 0.2) is 127 Å². The molecule has 11 aromatic rings.